The Hall–Kier alpha value is -2.68. The van der Waals surface area contributed by atoms with Gasteiger partial charge in [0.1, 0.15) is 5.82 Å². The lowest BCUT2D eigenvalue weighted by Crippen LogP contribution is -1.93. The summed E-state index contributed by atoms with van der Waals surface area (Å²) in [5, 5.41) is 8.64. The molecule has 2 rings (SSSR count). The topological polar surface area (TPSA) is 37.3 Å². The van der Waals surface area contributed by atoms with E-state index in [9.17, 15) is 9.18 Å². The summed E-state index contributed by atoms with van der Waals surface area (Å²) < 4.78 is 12.7. The molecule has 0 amide bonds. The van der Waals surface area contributed by atoms with E-state index in [2.05, 4.69) is 0 Å². The molecule has 0 unspecified atom stereocenters. The minimum atomic E-state index is -0.305. The molecule has 0 fully saturated rings. The first-order valence-corrected chi connectivity index (χ1v) is 6.08. The van der Waals surface area contributed by atoms with Gasteiger partial charge < -0.3 is 5.11 Å². The van der Waals surface area contributed by atoms with E-state index in [1.807, 2.05) is 0 Å². The standard InChI is InChI=1S/C17H13FO2/c18-16-8-3-13(4-9-16)5-10-17(20)15-6-1-14(2-7-15)11-12-19/h1-12,19H. The second-order valence-electron chi connectivity index (χ2n) is 4.19. The Bertz CT molecular complexity index is 638. The van der Waals surface area contributed by atoms with Crippen LogP contribution in [0.25, 0.3) is 12.2 Å². The van der Waals surface area contributed by atoms with Gasteiger partial charge in [-0.3, -0.25) is 4.79 Å². The van der Waals surface area contributed by atoms with Crippen molar-refractivity contribution in [3.05, 3.63) is 83.4 Å². The van der Waals surface area contributed by atoms with E-state index in [1.165, 1.54) is 24.3 Å². The molecule has 0 saturated carbocycles. The number of carbonyl (C=O) groups is 1. The third-order valence-electron chi connectivity index (χ3n) is 2.76. The normalized spacial score (nSPS) is 11.2. The number of hydrogen-bond acceptors (Lipinski definition) is 2. The fraction of sp³-hybridized carbons (Fsp3) is 0. The van der Waals surface area contributed by atoms with Crippen molar-refractivity contribution in [2.45, 2.75) is 0 Å². The Morgan fingerprint density at radius 2 is 1.45 bits per heavy atom. The average Bonchev–Trinajstić information content (AvgIpc) is 2.47. The summed E-state index contributed by atoms with van der Waals surface area (Å²) in [7, 11) is 0. The van der Waals surface area contributed by atoms with Crippen LogP contribution in [0.1, 0.15) is 21.5 Å². The molecule has 0 saturated heterocycles. The van der Waals surface area contributed by atoms with Gasteiger partial charge >= 0.3 is 0 Å². The van der Waals surface area contributed by atoms with Crippen molar-refractivity contribution < 1.29 is 14.3 Å². The van der Waals surface area contributed by atoms with Crippen molar-refractivity contribution in [1.82, 2.24) is 0 Å². The SMILES string of the molecule is O=C(C=Cc1ccc(F)cc1)c1ccc(C=CO)cc1. The lowest BCUT2D eigenvalue weighted by Gasteiger charge is -1.97. The second kappa shape index (κ2) is 6.48. The van der Waals surface area contributed by atoms with Crippen LogP contribution < -0.4 is 0 Å². The smallest absolute Gasteiger partial charge is 0.185 e. The molecule has 20 heavy (non-hydrogen) atoms. The van der Waals surface area contributed by atoms with Crippen molar-refractivity contribution in [3.8, 4) is 0 Å². The first-order valence-electron chi connectivity index (χ1n) is 6.08. The predicted octanol–water partition coefficient (Wildman–Crippen LogP) is 4.25. The van der Waals surface area contributed by atoms with Crippen LogP contribution in [0.15, 0.2) is 60.9 Å². The molecule has 0 atom stereocenters. The van der Waals surface area contributed by atoms with Crippen molar-refractivity contribution >= 4 is 17.9 Å². The van der Waals surface area contributed by atoms with Gasteiger partial charge in [-0.2, -0.15) is 0 Å². The number of benzene rings is 2. The Labute approximate surface area is 116 Å². The van der Waals surface area contributed by atoms with Crippen molar-refractivity contribution in [1.29, 1.82) is 0 Å². The second-order valence-corrected chi connectivity index (χ2v) is 4.19. The van der Waals surface area contributed by atoms with Crippen LogP contribution in [0, 0.1) is 5.82 Å². The fourth-order valence-corrected chi connectivity index (χ4v) is 1.69. The van der Waals surface area contributed by atoms with Crippen LogP contribution in [0.4, 0.5) is 4.39 Å². The number of ketones is 1. The molecule has 0 radical (unpaired) electrons. The molecule has 0 spiro atoms. The largest absolute Gasteiger partial charge is 0.516 e. The average molecular weight is 268 g/mol. The summed E-state index contributed by atoms with van der Waals surface area (Å²) in [5.41, 5.74) is 2.13. The zero-order valence-corrected chi connectivity index (χ0v) is 10.7. The summed E-state index contributed by atoms with van der Waals surface area (Å²) in [4.78, 5) is 11.9. The molecular formula is C17H13FO2. The van der Waals surface area contributed by atoms with Gasteiger partial charge in [0.25, 0.3) is 0 Å². The monoisotopic (exact) mass is 268 g/mol. The Kier molecular flexibility index (Phi) is 4.45. The van der Waals surface area contributed by atoms with Crippen molar-refractivity contribution in [2.24, 2.45) is 0 Å². The van der Waals surface area contributed by atoms with Crippen LogP contribution >= 0.6 is 0 Å². The molecular weight excluding hydrogens is 255 g/mol. The third-order valence-corrected chi connectivity index (χ3v) is 2.76. The number of allylic oxidation sites excluding steroid dienone is 1. The number of carbonyl (C=O) groups excluding carboxylic acids is 1. The van der Waals surface area contributed by atoms with Crippen LogP contribution in [0.2, 0.25) is 0 Å². The summed E-state index contributed by atoms with van der Waals surface area (Å²) in [6.45, 7) is 0. The number of hydrogen-bond donors (Lipinski definition) is 1. The highest BCUT2D eigenvalue weighted by atomic mass is 19.1. The van der Waals surface area contributed by atoms with E-state index in [0.29, 0.717) is 5.56 Å². The van der Waals surface area contributed by atoms with Crippen LogP contribution in [-0.2, 0) is 0 Å². The van der Waals surface area contributed by atoms with E-state index >= 15 is 0 Å². The molecule has 100 valence electrons. The number of aliphatic hydroxyl groups excluding tert-OH is 1. The summed E-state index contributed by atoms with van der Waals surface area (Å²) >= 11 is 0. The van der Waals surface area contributed by atoms with E-state index in [0.717, 1.165) is 17.4 Å². The Morgan fingerprint density at radius 1 is 0.900 bits per heavy atom. The molecule has 0 aliphatic heterocycles. The Morgan fingerprint density at radius 3 is 2.05 bits per heavy atom. The van der Waals surface area contributed by atoms with E-state index in [-0.39, 0.29) is 11.6 Å². The highest BCUT2D eigenvalue weighted by Crippen LogP contribution is 2.09. The lowest BCUT2D eigenvalue weighted by molar-refractivity contribution is 0.104. The predicted molar refractivity (Wildman–Crippen MR) is 77.9 cm³/mol. The van der Waals surface area contributed by atoms with E-state index in [1.54, 1.807) is 42.5 Å². The maximum atomic E-state index is 12.7. The summed E-state index contributed by atoms with van der Waals surface area (Å²) in [6, 6.07) is 12.8. The quantitative estimate of drug-likeness (QED) is 0.511. The van der Waals surface area contributed by atoms with Crippen LogP contribution in [0.3, 0.4) is 0 Å². The van der Waals surface area contributed by atoms with Gasteiger partial charge in [0.15, 0.2) is 5.78 Å². The summed E-state index contributed by atoms with van der Waals surface area (Å²) in [6.07, 6.45) is 5.57. The lowest BCUT2D eigenvalue weighted by atomic mass is 10.1. The van der Waals surface area contributed by atoms with Gasteiger partial charge in [0.2, 0.25) is 0 Å². The van der Waals surface area contributed by atoms with E-state index in [4.69, 9.17) is 5.11 Å². The van der Waals surface area contributed by atoms with Crippen LogP contribution in [0.5, 0.6) is 0 Å². The van der Waals surface area contributed by atoms with Gasteiger partial charge in [-0.15, -0.1) is 0 Å². The van der Waals surface area contributed by atoms with Gasteiger partial charge in [-0.25, -0.2) is 4.39 Å². The summed E-state index contributed by atoms with van der Waals surface area (Å²) in [5.74, 6) is -0.435. The molecule has 2 nitrogen and oxygen atoms in total. The Balaban J connectivity index is 2.09. The molecule has 1 N–H and O–H groups in total. The number of rotatable bonds is 4. The van der Waals surface area contributed by atoms with Crippen LogP contribution in [-0.4, -0.2) is 10.9 Å². The maximum absolute atomic E-state index is 12.7. The molecule has 0 aliphatic carbocycles. The number of halogens is 1. The molecule has 2 aromatic carbocycles. The highest BCUT2D eigenvalue weighted by Gasteiger charge is 2.01. The van der Waals surface area contributed by atoms with Gasteiger partial charge in [-0.05, 0) is 35.4 Å². The molecule has 0 aromatic heterocycles. The molecule has 2 aromatic rings. The highest BCUT2D eigenvalue weighted by molar-refractivity contribution is 6.06. The maximum Gasteiger partial charge on any atom is 0.185 e. The fourth-order valence-electron chi connectivity index (χ4n) is 1.69. The molecule has 0 bridgehead atoms. The minimum absolute atomic E-state index is 0.131. The number of aliphatic hydroxyl groups is 1. The van der Waals surface area contributed by atoms with Gasteiger partial charge in [0.05, 0.1) is 6.26 Å². The van der Waals surface area contributed by atoms with Gasteiger partial charge in [-0.1, -0.05) is 42.5 Å². The zero-order chi connectivity index (χ0) is 14.4. The zero-order valence-electron chi connectivity index (χ0n) is 10.7. The molecule has 3 heteroatoms. The first-order chi connectivity index (χ1) is 9.69. The molecule has 0 aliphatic rings. The third kappa shape index (κ3) is 3.65. The van der Waals surface area contributed by atoms with Crippen molar-refractivity contribution in [2.75, 3.05) is 0 Å². The van der Waals surface area contributed by atoms with Crippen molar-refractivity contribution in [3.63, 3.8) is 0 Å². The van der Waals surface area contributed by atoms with E-state index < -0.39 is 0 Å². The van der Waals surface area contributed by atoms with Gasteiger partial charge in [0, 0.05) is 5.56 Å². The minimum Gasteiger partial charge on any atom is -0.516 e. The molecule has 0 heterocycles. The first kappa shape index (κ1) is 13.7.